The van der Waals surface area contributed by atoms with Crippen LogP contribution in [0.3, 0.4) is 0 Å². The van der Waals surface area contributed by atoms with Crippen molar-refractivity contribution in [3.63, 3.8) is 0 Å². The summed E-state index contributed by atoms with van der Waals surface area (Å²) in [5, 5.41) is 6.09. The number of nitrogens with zero attached hydrogens (tertiary/aromatic N) is 1. The van der Waals surface area contributed by atoms with Crippen molar-refractivity contribution in [2.75, 3.05) is 20.1 Å². The van der Waals surface area contributed by atoms with Crippen molar-refractivity contribution < 1.29 is 8.78 Å². The van der Waals surface area contributed by atoms with Gasteiger partial charge in [0.25, 0.3) is 0 Å². The Balaban J connectivity index is 2.59. The summed E-state index contributed by atoms with van der Waals surface area (Å²) in [7, 11) is 1.65. The minimum absolute atomic E-state index is 0.0946. The van der Waals surface area contributed by atoms with Crippen LogP contribution in [-0.2, 0) is 0 Å². The van der Waals surface area contributed by atoms with E-state index in [1.807, 2.05) is 6.92 Å². The molecule has 0 aliphatic carbocycles. The average Bonchev–Trinajstić information content (AvgIpc) is 2.38. The number of benzene rings is 1. The van der Waals surface area contributed by atoms with Gasteiger partial charge in [0.2, 0.25) is 0 Å². The van der Waals surface area contributed by atoms with E-state index in [0.29, 0.717) is 24.6 Å². The molecule has 1 unspecified atom stereocenters. The Morgan fingerprint density at radius 2 is 2.16 bits per heavy atom. The molecule has 5 heteroatoms. The first-order chi connectivity index (χ1) is 9.08. The largest absolute Gasteiger partial charge is 0.356 e. The number of hydrogen-bond acceptors (Lipinski definition) is 1. The lowest BCUT2D eigenvalue weighted by atomic mass is 10.0. The van der Waals surface area contributed by atoms with Gasteiger partial charge in [-0.1, -0.05) is 19.1 Å². The van der Waals surface area contributed by atoms with Crippen molar-refractivity contribution in [2.24, 2.45) is 4.99 Å². The quantitative estimate of drug-likeness (QED) is 0.488. The number of aliphatic imine (C=N–C) groups is 1. The molecule has 19 heavy (non-hydrogen) atoms. The molecule has 1 atom stereocenters. The van der Waals surface area contributed by atoms with E-state index < -0.39 is 11.6 Å². The highest BCUT2D eigenvalue weighted by atomic mass is 19.1. The molecular weight excluding hydrogens is 248 g/mol. The van der Waals surface area contributed by atoms with Crippen molar-refractivity contribution in [3.05, 3.63) is 48.1 Å². The average molecular weight is 267 g/mol. The number of nitrogens with one attached hydrogen (secondary N) is 2. The monoisotopic (exact) mass is 267 g/mol. The normalized spacial score (nSPS) is 12.9. The van der Waals surface area contributed by atoms with Crippen LogP contribution in [0.1, 0.15) is 18.4 Å². The minimum Gasteiger partial charge on any atom is -0.356 e. The third-order valence-electron chi connectivity index (χ3n) is 2.71. The van der Waals surface area contributed by atoms with Crippen LogP contribution < -0.4 is 10.6 Å². The van der Waals surface area contributed by atoms with Gasteiger partial charge in [-0.2, -0.15) is 0 Å². The van der Waals surface area contributed by atoms with E-state index in [0.717, 1.165) is 6.07 Å². The van der Waals surface area contributed by atoms with Crippen LogP contribution in [0.15, 0.2) is 35.8 Å². The van der Waals surface area contributed by atoms with Crippen LogP contribution in [-0.4, -0.2) is 26.1 Å². The molecule has 0 radical (unpaired) electrons. The summed E-state index contributed by atoms with van der Waals surface area (Å²) in [5.74, 6) is -0.564. The van der Waals surface area contributed by atoms with Crippen LogP contribution in [0.5, 0.6) is 0 Å². The maximum atomic E-state index is 13.6. The molecule has 0 heterocycles. The maximum Gasteiger partial charge on any atom is 0.191 e. The van der Waals surface area contributed by atoms with Crippen molar-refractivity contribution in [3.8, 4) is 0 Å². The third-order valence-corrected chi connectivity index (χ3v) is 2.71. The first-order valence-corrected chi connectivity index (χ1v) is 6.08. The zero-order chi connectivity index (χ0) is 14.3. The van der Waals surface area contributed by atoms with E-state index in [2.05, 4.69) is 22.2 Å². The zero-order valence-electron chi connectivity index (χ0n) is 11.2. The standard InChI is InChI=1S/C14H19F2N3/c1-4-7-18-14(17-3)19-9-10(2)12-6-5-11(15)8-13(12)16/h4-6,8,10H,1,7,9H2,2-3H3,(H2,17,18,19). The second-order valence-electron chi connectivity index (χ2n) is 4.19. The summed E-state index contributed by atoms with van der Waals surface area (Å²) in [5.41, 5.74) is 0.480. The van der Waals surface area contributed by atoms with E-state index in [1.54, 1.807) is 13.1 Å². The van der Waals surface area contributed by atoms with E-state index in [4.69, 9.17) is 0 Å². The molecule has 1 rings (SSSR count). The van der Waals surface area contributed by atoms with E-state index in [-0.39, 0.29) is 5.92 Å². The van der Waals surface area contributed by atoms with Crippen molar-refractivity contribution in [1.82, 2.24) is 10.6 Å². The summed E-state index contributed by atoms with van der Waals surface area (Å²) < 4.78 is 26.4. The van der Waals surface area contributed by atoms with Gasteiger partial charge in [0.15, 0.2) is 5.96 Å². The molecule has 0 fully saturated rings. The first-order valence-electron chi connectivity index (χ1n) is 6.08. The molecule has 2 N–H and O–H groups in total. The zero-order valence-corrected chi connectivity index (χ0v) is 11.2. The van der Waals surface area contributed by atoms with Crippen LogP contribution >= 0.6 is 0 Å². The summed E-state index contributed by atoms with van der Waals surface area (Å²) in [6.07, 6.45) is 1.72. The topological polar surface area (TPSA) is 36.4 Å². The van der Waals surface area contributed by atoms with Crippen molar-refractivity contribution in [2.45, 2.75) is 12.8 Å². The fourth-order valence-corrected chi connectivity index (χ4v) is 1.65. The Hall–Kier alpha value is -1.91. The smallest absolute Gasteiger partial charge is 0.191 e. The lowest BCUT2D eigenvalue weighted by molar-refractivity contribution is 0.556. The van der Waals surface area contributed by atoms with Crippen molar-refractivity contribution >= 4 is 5.96 Å². The fourth-order valence-electron chi connectivity index (χ4n) is 1.65. The molecular formula is C14H19F2N3. The highest BCUT2D eigenvalue weighted by molar-refractivity contribution is 5.79. The van der Waals surface area contributed by atoms with Crippen LogP contribution in [0.4, 0.5) is 8.78 Å². The molecule has 0 saturated carbocycles. The third kappa shape index (κ3) is 4.69. The molecule has 0 aromatic heterocycles. The van der Waals surface area contributed by atoms with Crippen LogP contribution in [0.25, 0.3) is 0 Å². The fraction of sp³-hybridized carbons (Fsp3) is 0.357. The minimum atomic E-state index is -0.565. The number of rotatable bonds is 5. The molecule has 0 bridgehead atoms. The summed E-state index contributed by atoms with van der Waals surface area (Å²) in [6, 6.07) is 3.63. The van der Waals surface area contributed by atoms with E-state index in [9.17, 15) is 8.78 Å². The second kappa shape index (κ2) is 7.51. The Kier molecular flexibility index (Phi) is 5.99. The number of hydrogen-bond donors (Lipinski definition) is 2. The van der Waals surface area contributed by atoms with Gasteiger partial charge in [0, 0.05) is 32.1 Å². The van der Waals surface area contributed by atoms with Gasteiger partial charge >= 0.3 is 0 Å². The molecule has 0 spiro atoms. The van der Waals surface area contributed by atoms with Crippen LogP contribution in [0, 0.1) is 11.6 Å². The summed E-state index contributed by atoms with van der Waals surface area (Å²) in [4.78, 5) is 4.02. The molecule has 104 valence electrons. The van der Waals surface area contributed by atoms with Crippen LogP contribution in [0.2, 0.25) is 0 Å². The molecule has 0 aliphatic heterocycles. The number of guanidine groups is 1. The van der Waals surface area contributed by atoms with Gasteiger partial charge in [0.1, 0.15) is 11.6 Å². The molecule has 0 saturated heterocycles. The van der Waals surface area contributed by atoms with Gasteiger partial charge in [-0.15, -0.1) is 6.58 Å². The Morgan fingerprint density at radius 3 is 2.74 bits per heavy atom. The predicted octanol–water partition coefficient (Wildman–Crippen LogP) is 2.42. The van der Waals surface area contributed by atoms with Gasteiger partial charge in [0.05, 0.1) is 0 Å². The molecule has 1 aromatic rings. The summed E-state index contributed by atoms with van der Waals surface area (Å²) >= 11 is 0. The predicted molar refractivity (Wildman–Crippen MR) is 74.3 cm³/mol. The molecule has 0 amide bonds. The molecule has 0 aliphatic rings. The summed E-state index contributed by atoms with van der Waals surface area (Å²) in [6.45, 7) is 6.56. The SMILES string of the molecule is C=CCNC(=NC)NCC(C)c1ccc(F)cc1F. The van der Waals surface area contributed by atoms with Gasteiger partial charge < -0.3 is 10.6 Å². The van der Waals surface area contributed by atoms with Gasteiger partial charge in [-0.25, -0.2) is 8.78 Å². The van der Waals surface area contributed by atoms with Crippen molar-refractivity contribution in [1.29, 1.82) is 0 Å². The first kappa shape index (κ1) is 15.1. The molecule has 1 aromatic carbocycles. The number of halogens is 2. The highest BCUT2D eigenvalue weighted by Crippen LogP contribution is 2.18. The Morgan fingerprint density at radius 1 is 1.42 bits per heavy atom. The lowest BCUT2D eigenvalue weighted by Gasteiger charge is -2.16. The Bertz CT molecular complexity index is 458. The Labute approximate surface area is 112 Å². The second-order valence-corrected chi connectivity index (χ2v) is 4.19. The maximum absolute atomic E-state index is 13.6. The van der Waals surface area contributed by atoms with Gasteiger partial charge in [-0.05, 0) is 11.6 Å². The molecule has 3 nitrogen and oxygen atoms in total. The van der Waals surface area contributed by atoms with E-state index >= 15 is 0 Å². The highest BCUT2D eigenvalue weighted by Gasteiger charge is 2.12. The lowest BCUT2D eigenvalue weighted by Crippen LogP contribution is -2.39. The van der Waals surface area contributed by atoms with Gasteiger partial charge in [-0.3, -0.25) is 4.99 Å². The van der Waals surface area contributed by atoms with E-state index in [1.165, 1.54) is 12.1 Å².